The zero-order chi connectivity index (χ0) is 23.4. The lowest BCUT2D eigenvalue weighted by atomic mass is 10.1. The third-order valence-corrected chi connectivity index (χ3v) is 5.40. The molecule has 0 spiro atoms. The molecule has 0 saturated carbocycles. The summed E-state index contributed by atoms with van der Waals surface area (Å²) in [7, 11) is 0. The van der Waals surface area contributed by atoms with Crippen LogP contribution in [0.5, 0.6) is 11.5 Å². The van der Waals surface area contributed by atoms with Gasteiger partial charge in [-0.25, -0.2) is 4.39 Å². The minimum atomic E-state index is -1.06. The summed E-state index contributed by atoms with van der Waals surface area (Å²) < 4.78 is 34.8. The molecule has 9 heteroatoms. The fourth-order valence-electron chi connectivity index (χ4n) is 3.74. The number of pyridine rings is 1. The van der Waals surface area contributed by atoms with E-state index in [2.05, 4.69) is 0 Å². The minimum absolute atomic E-state index is 0.0889. The number of aromatic hydroxyl groups is 1. The predicted molar refractivity (Wildman–Crippen MR) is 118 cm³/mol. The molecule has 3 heterocycles. The SMILES string of the molecule is O=C1c2c(O)c(=O)ccn2N2Cc3ccc(F)c(F)c3OCCCCN1C2.c1ccccc1. The highest BCUT2D eigenvalue weighted by Gasteiger charge is 2.33. The van der Waals surface area contributed by atoms with Crippen LogP contribution in [0.25, 0.3) is 0 Å². The highest BCUT2D eigenvalue weighted by atomic mass is 19.2. The van der Waals surface area contributed by atoms with Gasteiger partial charge in [0.05, 0.1) is 13.2 Å². The minimum Gasteiger partial charge on any atom is -0.502 e. The van der Waals surface area contributed by atoms with E-state index in [4.69, 9.17) is 4.74 Å². The molecule has 2 aliphatic rings. The standard InChI is InChI=1S/C18H17F2N3O4.C6H6/c19-12-4-3-11-9-22-10-21(6-1-2-8-27-17(11)14(12)20)18(26)15-16(25)13(24)5-7-23(15)22;1-2-4-6-5-3-1/h3-5,7,25H,1-2,6,8-10H2;1-6H. The van der Waals surface area contributed by atoms with Gasteiger partial charge in [0.25, 0.3) is 5.91 Å². The summed E-state index contributed by atoms with van der Waals surface area (Å²) in [4.78, 5) is 26.1. The molecular formula is C24H23F2N3O4. The first-order valence-electron chi connectivity index (χ1n) is 10.6. The first-order chi connectivity index (χ1) is 16.0. The van der Waals surface area contributed by atoms with E-state index in [1.165, 1.54) is 21.8 Å². The second-order valence-electron chi connectivity index (χ2n) is 7.66. The molecule has 0 saturated heterocycles. The van der Waals surface area contributed by atoms with Gasteiger partial charge in [-0.3, -0.25) is 19.3 Å². The second kappa shape index (κ2) is 9.72. The van der Waals surface area contributed by atoms with Crippen LogP contribution in [-0.4, -0.2) is 40.4 Å². The lowest BCUT2D eigenvalue weighted by Crippen LogP contribution is -2.53. The summed E-state index contributed by atoms with van der Waals surface area (Å²) in [5.74, 6) is -3.30. The number of rotatable bonds is 0. The third kappa shape index (κ3) is 4.67. The molecule has 0 aliphatic carbocycles. The Morgan fingerprint density at radius 3 is 2.33 bits per heavy atom. The van der Waals surface area contributed by atoms with E-state index < -0.39 is 28.7 Å². The molecule has 172 valence electrons. The van der Waals surface area contributed by atoms with E-state index in [0.29, 0.717) is 24.9 Å². The summed E-state index contributed by atoms with van der Waals surface area (Å²) >= 11 is 0. The number of carbonyl (C=O) groups excluding carboxylic acids is 1. The van der Waals surface area contributed by atoms with Crippen molar-refractivity contribution in [2.75, 3.05) is 24.8 Å². The molecule has 5 rings (SSSR count). The number of hydrogen-bond acceptors (Lipinski definition) is 5. The van der Waals surface area contributed by atoms with E-state index in [1.54, 1.807) is 5.01 Å². The van der Waals surface area contributed by atoms with Gasteiger partial charge in [-0.2, -0.15) is 4.39 Å². The van der Waals surface area contributed by atoms with E-state index in [-0.39, 0.29) is 31.3 Å². The van der Waals surface area contributed by atoms with Crippen molar-refractivity contribution in [2.24, 2.45) is 0 Å². The van der Waals surface area contributed by atoms with Crippen molar-refractivity contribution in [3.05, 3.63) is 93.9 Å². The van der Waals surface area contributed by atoms with Crippen LogP contribution in [0.2, 0.25) is 0 Å². The number of amides is 1. The van der Waals surface area contributed by atoms with Gasteiger partial charge in [0.1, 0.15) is 6.67 Å². The first kappa shape index (κ1) is 22.3. The van der Waals surface area contributed by atoms with Crippen LogP contribution in [0, 0.1) is 11.6 Å². The fraction of sp³-hybridized carbons (Fsp3) is 0.250. The largest absolute Gasteiger partial charge is 0.502 e. The Bertz CT molecular complexity index is 1170. The van der Waals surface area contributed by atoms with Crippen LogP contribution >= 0.6 is 0 Å². The van der Waals surface area contributed by atoms with Gasteiger partial charge >= 0.3 is 0 Å². The maximum absolute atomic E-state index is 14.3. The molecule has 1 amide bonds. The van der Waals surface area contributed by atoms with E-state index in [0.717, 1.165) is 12.1 Å². The van der Waals surface area contributed by atoms with Crippen LogP contribution in [-0.2, 0) is 6.54 Å². The number of hydrogen-bond donors (Lipinski definition) is 1. The smallest absolute Gasteiger partial charge is 0.277 e. The molecule has 7 nitrogen and oxygen atoms in total. The Morgan fingerprint density at radius 1 is 0.939 bits per heavy atom. The average Bonchev–Trinajstić information content (AvgIpc) is 2.87. The Kier molecular flexibility index (Phi) is 6.58. The molecule has 0 atom stereocenters. The summed E-state index contributed by atoms with van der Waals surface area (Å²) in [6.45, 7) is 0.831. The highest BCUT2D eigenvalue weighted by molar-refractivity contribution is 5.96. The van der Waals surface area contributed by atoms with Gasteiger partial charge in [-0.1, -0.05) is 42.5 Å². The summed E-state index contributed by atoms with van der Waals surface area (Å²) in [5, 5.41) is 11.8. The Balaban J connectivity index is 0.000000376. The molecule has 1 N–H and O–H groups in total. The molecule has 0 fully saturated rings. The Morgan fingerprint density at radius 2 is 1.64 bits per heavy atom. The highest BCUT2D eigenvalue weighted by Crippen LogP contribution is 2.29. The van der Waals surface area contributed by atoms with Crippen molar-refractivity contribution in [3.8, 4) is 11.5 Å². The lowest BCUT2D eigenvalue weighted by molar-refractivity contribution is 0.0681. The van der Waals surface area contributed by atoms with E-state index in [9.17, 15) is 23.5 Å². The molecule has 2 aromatic carbocycles. The lowest BCUT2D eigenvalue weighted by Gasteiger charge is -2.39. The molecule has 0 radical (unpaired) electrons. The second-order valence-corrected chi connectivity index (χ2v) is 7.66. The van der Waals surface area contributed by atoms with Gasteiger partial charge in [-0.05, 0) is 18.9 Å². The number of fused-ring (bicyclic) bond motifs is 5. The van der Waals surface area contributed by atoms with Crippen LogP contribution < -0.4 is 15.2 Å². The molecule has 2 bridgehead atoms. The maximum atomic E-state index is 14.3. The Hall–Kier alpha value is -3.88. The van der Waals surface area contributed by atoms with E-state index in [1.807, 2.05) is 36.4 Å². The zero-order valence-corrected chi connectivity index (χ0v) is 17.8. The Labute approximate surface area is 189 Å². The van der Waals surface area contributed by atoms with Crippen LogP contribution in [0.4, 0.5) is 8.78 Å². The van der Waals surface area contributed by atoms with Gasteiger partial charge in [0, 0.05) is 24.4 Å². The fourth-order valence-corrected chi connectivity index (χ4v) is 3.74. The number of carbonyl (C=O) groups is 1. The van der Waals surface area contributed by atoms with Crippen molar-refractivity contribution in [1.29, 1.82) is 0 Å². The predicted octanol–water partition coefficient (Wildman–Crippen LogP) is 3.24. The summed E-state index contributed by atoms with van der Waals surface area (Å²) in [6, 6.07) is 15.6. The van der Waals surface area contributed by atoms with Crippen LogP contribution in [0.3, 0.4) is 0 Å². The third-order valence-electron chi connectivity index (χ3n) is 5.40. The van der Waals surface area contributed by atoms with Gasteiger partial charge in [-0.15, -0.1) is 0 Å². The van der Waals surface area contributed by atoms with Gasteiger partial charge in [0.15, 0.2) is 23.0 Å². The normalized spacial score (nSPS) is 15.3. The first-order valence-corrected chi connectivity index (χ1v) is 10.6. The number of nitrogens with zero attached hydrogens (tertiary/aromatic N) is 3. The van der Waals surface area contributed by atoms with Crippen molar-refractivity contribution < 1.29 is 23.4 Å². The molecule has 1 aromatic heterocycles. The quantitative estimate of drug-likeness (QED) is 0.563. The number of halogens is 2. The van der Waals surface area contributed by atoms with Crippen molar-refractivity contribution in [1.82, 2.24) is 9.58 Å². The van der Waals surface area contributed by atoms with Crippen molar-refractivity contribution in [2.45, 2.75) is 19.4 Å². The van der Waals surface area contributed by atoms with Crippen molar-refractivity contribution in [3.63, 3.8) is 0 Å². The monoisotopic (exact) mass is 455 g/mol. The van der Waals surface area contributed by atoms with Gasteiger partial charge in [0.2, 0.25) is 11.2 Å². The van der Waals surface area contributed by atoms with Gasteiger partial charge < -0.3 is 14.7 Å². The maximum Gasteiger partial charge on any atom is 0.277 e. The molecular weight excluding hydrogens is 432 g/mol. The van der Waals surface area contributed by atoms with Crippen LogP contribution in [0.1, 0.15) is 28.9 Å². The summed E-state index contributed by atoms with van der Waals surface area (Å²) in [5.41, 5.74) is -0.398. The van der Waals surface area contributed by atoms with E-state index >= 15 is 0 Å². The molecule has 3 aromatic rings. The molecule has 0 unspecified atom stereocenters. The topological polar surface area (TPSA) is 75.0 Å². The number of benzene rings is 2. The summed E-state index contributed by atoms with van der Waals surface area (Å²) in [6.07, 6.45) is 2.49. The zero-order valence-electron chi connectivity index (χ0n) is 17.8. The number of ether oxygens (including phenoxy) is 1. The molecule has 2 aliphatic heterocycles. The van der Waals surface area contributed by atoms with Crippen LogP contribution in [0.15, 0.2) is 65.6 Å². The number of aromatic nitrogens is 1. The molecule has 33 heavy (non-hydrogen) atoms. The van der Waals surface area contributed by atoms with Crippen molar-refractivity contribution >= 4 is 5.91 Å². The average molecular weight is 455 g/mol.